The highest BCUT2D eigenvalue weighted by Gasteiger charge is 2.32. The molecule has 3 N–H and O–H groups in total. The molecule has 0 saturated carbocycles. The smallest absolute Gasteiger partial charge is 0.416 e. The molecule has 0 aliphatic heterocycles. The van der Waals surface area contributed by atoms with Crippen LogP contribution in [0.25, 0.3) is 11.6 Å². The second-order valence-electron chi connectivity index (χ2n) is 4.02. The number of aliphatic carboxylic acids is 1. The molecule has 110 valence electrons. The van der Waals surface area contributed by atoms with Crippen molar-refractivity contribution < 1.29 is 23.1 Å². The first-order valence-electron chi connectivity index (χ1n) is 5.61. The quantitative estimate of drug-likeness (QED) is 0.852. The van der Waals surface area contributed by atoms with E-state index in [1.54, 1.807) is 0 Å². The largest absolute Gasteiger partial charge is 0.478 e. The number of carboxylic acid groups (broad SMARTS) is 1. The van der Waals surface area contributed by atoms with Crippen LogP contribution in [0.4, 0.5) is 18.3 Å². The van der Waals surface area contributed by atoms with Gasteiger partial charge in [-0.2, -0.15) is 13.2 Å². The first kappa shape index (κ1) is 15.0. The van der Waals surface area contributed by atoms with Crippen molar-refractivity contribution >= 4 is 34.1 Å². The molecule has 0 atom stereocenters. The Balaban J connectivity index is 2.57. The Morgan fingerprint density at radius 1 is 1.33 bits per heavy atom. The van der Waals surface area contributed by atoms with Gasteiger partial charge >= 0.3 is 12.1 Å². The summed E-state index contributed by atoms with van der Waals surface area (Å²) in [5, 5.41) is 10.7. The summed E-state index contributed by atoms with van der Waals surface area (Å²) in [6.07, 6.45) is -3.63. The molecule has 0 aliphatic carbocycles. The van der Waals surface area contributed by atoms with Crippen LogP contribution in [-0.4, -0.2) is 16.1 Å². The SMILES string of the molecule is Nc1nc(/C(=C/c2ccccc2C(F)(F)F)C(=O)O)cs1. The number of hydrogen-bond acceptors (Lipinski definition) is 4. The van der Waals surface area contributed by atoms with Gasteiger partial charge in [0, 0.05) is 5.38 Å². The van der Waals surface area contributed by atoms with E-state index in [0.29, 0.717) is 0 Å². The lowest BCUT2D eigenvalue weighted by atomic mass is 10.0. The van der Waals surface area contributed by atoms with Gasteiger partial charge in [-0.05, 0) is 17.7 Å². The van der Waals surface area contributed by atoms with Gasteiger partial charge in [0.25, 0.3) is 0 Å². The number of aromatic nitrogens is 1. The maximum absolute atomic E-state index is 12.9. The maximum Gasteiger partial charge on any atom is 0.416 e. The van der Waals surface area contributed by atoms with Gasteiger partial charge in [-0.15, -0.1) is 11.3 Å². The number of nitrogens with zero attached hydrogens (tertiary/aromatic N) is 1. The Bertz CT molecular complexity index is 707. The highest BCUT2D eigenvalue weighted by molar-refractivity contribution is 7.13. The highest BCUT2D eigenvalue weighted by Crippen LogP contribution is 2.33. The monoisotopic (exact) mass is 314 g/mol. The van der Waals surface area contributed by atoms with Crippen LogP contribution in [0.1, 0.15) is 16.8 Å². The molecule has 0 radical (unpaired) electrons. The predicted octanol–water partition coefficient (Wildman–Crippen LogP) is 3.37. The number of halogens is 3. The summed E-state index contributed by atoms with van der Waals surface area (Å²) < 4.78 is 38.7. The van der Waals surface area contributed by atoms with Gasteiger partial charge in [0.2, 0.25) is 0 Å². The molecule has 0 saturated heterocycles. The molecule has 0 spiro atoms. The third-order valence-electron chi connectivity index (χ3n) is 2.59. The number of anilines is 1. The van der Waals surface area contributed by atoms with E-state index in [1.807, 2.05) is 0 Å². The number of nitrogen functional groups attached to an aromatic ring is 1. The topological polar surface area (TPSA) is 76.2 Å². The molecule has 21 heavy (non-hydrogen) atoms. The zero-order valence-electron chi connectivity index (χ0n) is 10.4. The standard InChI is InChI=1S/C13H9F3N2O2S/c14-13(15,16)9-4-2-1-3-7(9)5-8(11(19)20)10-6-21-12(17)18-10/h1-6H,(H2,17,18)(H,19,20)/b8-5-. The van der Waals surface area contributed by atoms with Gasteiger partial charge in [-0.3, -0.25) is 0 Å². The zero-order chi connectivity index (χ0) is 15.6. The first-order valence-corrected chi connectivity index (χ1v) is 6.49. The van der Waals surface area contributed by atoms with Crippen LogP contribution in [-0.2, 0) is 11.0 Å². The van der Waals surface area contributed by atoms with Gasteiger partial charge in [-0.1, -0.05) is 18.2 Å². The van der Waals surface area contributed by atoms with Gasteiger partial charge < -0.3 is 10.8 Å². The molecule has 4 nitrogen and oxygen atoms in total. The minimum Gasteiger partial charge on any atom is -0.478 e. The fourth-order valence-electron chi connectivity index (χ4n) is 1.69. The lowest BCUT2D eigenvalue weighted by Crippen LogP contribution is -2.08. The number of nitrogens with two attached hydrogens (primary N) is 1. The Labute approximate surface area is 121 Å². The van der Waals surface area contributed by atoms with Gasteiger partial charge in [-0.25, -0.2) is 9.78 Å². The summed E-state index contributed by atoms with van der Waals surface area (Å²) in [4.78, 5) is 15.0. The van der Waals surface area contributed by atoms with Crippen LogP contribution in [0.5, 0.6) is 0 Å². The first-order chi connectivity index (χ1) is 9.79. The number of hydrogen-bond donors (Lipinski definition) is 2. The van der Waals surface area contributed by atoms with E-state index < -0.39 is 17.7 Å². The molecule has 0 aliphatic rings. The zero-order valence-corrected chi connectivity index (χ0v) is 11.2. The molecule has 2 rings (SSSR count). The average molecular weight is 314 g/mol. The second kappa shape index (κ2) is 5.57. The third kappa shape index (κ3) is 3.40. The third-order valence-corrected chi connectivity index (χ3v) is 3.27. The van der Waals surface area contributed by atoms with Crippen molar-refractivity contribution in [2.45, 2.75) is 6.18 Å². The number of benzene rings is 1. The molecule has 0 unspecified atom stereocenters. The van der Waals surface area contributed by atoms with Crippen molar-refractivity contribution in [1.29, 1.82) is 0 Å². The van der Waals surface area contributed by atoms with E-state index in [4.69, 9.17) is 10.8 Å². The molecule has 2 aromatic rings. The van der Waals surface area contributed by atoms with Crippen molar-refractivity contribution in [3.8, 4) is 0 Å². The van der Waals surface area contributed by atoms with E-state index >= 15 is 0 Å². The summed E-state index contributed by atoms with van der Waals surface area (Å²) in [6, 6.07) is 4.72. The van der Waals surface area contributed by atoms with Crippen molar-refractivity contribution in [3.05, 3.63) is 46.5 Å². The summed E-state index contributed by atoms with van der Waals surface area (Å²) >= 11 is 1.01. The number of rotatable bonds is 3. The molecular formula is C13H9F3N2O2S. The molecule has 0 amide bonds. The normalized spacial score (nSPS) is 12.4. The number of carbonyl (C=O) groups is 1. The number of thiazole rings is 1. The lowest BCUT2D eigenvalue weighted by molar-refractivity contribution is -0.137. The molecule has 0 bridgehead atoms. The van der Waals surface area contributed by atoms with E-state index in [0.717, 1.165) is 23.5 Å². The van der Waals surface area contributed by atoms with E-state index in [9.17, 15) is 18.0 Å². The van der Waals surface area contributed by atoms with Crippen LogP contribution in [0.3, 0.4) is 0 Å². The Kier molecular flexibility index (Phi) is 3.99. The van der Waals surface area contributed by atoms with Gasteiger partial charge in [0.05, 0.1) is 16.8 Å². The van der Waals surface area contributed by atoms with Crippen molar-refractivity contribution in [2.24, 2.45) is 0 Å². The molecule has 1 aromatic heterocycles. The second-order valence-corrected chi connectivity index (χ2v) is 4.91. The molecule has 8 heteroatoms. The molecule has 1 heterocycles. The Morgan fingerprint density at radius 2 is 2.00 bits per heavy atom. The lowest BCUT2D eigenvalue weighted by Gasteiger charge is -2.10. The minimum absolute atomic E-state index is 0.0296. The fraction of sp³-hybridized carbons (Fsp3) is 0.0769. The Morgan fingerprint density at radius 3 is 2.52 bits per heavy atom. The van der Waals surface area contributed by atoms with Crippen molar-refractivity contribution in [3.63, 3.8) is 0 Å². The summed E-state index contributed by atoms with van der Waals surface area (Å²) in [7, 11) is 0. The van der Waals surface area contributed by atoms with Crippen LogP contribution in [0.2, 0.25) is 0 Å². The highest BCUT2D eigenvalue weighted by atomic mass is 32.1. The van der Waals surface area contributed by atoms with Crippen LogP contribution in [0.15, 0.2) is 29.6 Å². The van der Waals surface area contributed by atoms with Crippen LogP contribution in [0, 0.1) is 0 Å². The van der Waals surface area contributed by atoms with Crippen LogP contribution >= 0.6 is 11.3 Å². The van der Waals surface area contributed by atoms with E-state index in [2.05, 4.69) is 4.98 Å². The van der Waals surface area contributed by atoms with Crippen molar-refractivity contribution in [2.75, 3.05) is 5.73 Å². The molecular weight excluding hydrogens is 305 g/mol. The maximum atomic E-state index is 12.9. The van der Waals surface area contributed by atoms with Crippen molar-refractivity contribution in [1.82, 2.24) is 4.98 Å². The van der Waals surface area contributed by atoms with E-state index in [1.165, 1.54) is 23.6 Å². The molecule has 0 fully saturated rings. The van der Waals surface area contributed by atoms with E-state index in [-0.39, 0.29) is 22.0 Å². The molecule has 1 aromatic carbocycles. The average Bonchev–Trinajstić information content (AvgIpc) is 2.81. The Hall–Kier alpha value is -2.35. The summed E-state index contributed by atoms with van der Waals surface area (Å²) in [6.45, 7) is 0. The fourth-order valence-corrected chi connectivity index (χ4v) is 2.26. The number of carboxylic acids is 1. The predicted molar refractivity (Wildman–Crippen MR) is 73.5 cm³/mol. The summed E-state index contributed by atoms with van der Waals surface area (Å²) in [5.41, 5.74) is 3.95. The summed E-state index contributed by atoms with van der Waals surface area (Å²) in [5.74, 6) is -1.38. The minimum atomic E-state index is -4.57. The van der Waals surface area contributed by atoms with Gasteiger partial charge in [0.1, 0.15) is 0 Å². The number of alkyl halides is 3. The van der Waals surface area contributed by atoms with Gasteiger partial charge in [0.15, 0.2) is 5.13 Å². The van der Waals surface area contributed by atoms with Crippen LogP contribution < -0.4 is 5.73 Å².